The van der Waals surface area contributed by atoms with E-state index in [1.165, 1.54) is 5.56 Å². The van der Waals surface area contributed by atoms with E-state index in [2.05, 4.69) is 15.5 Å². The number of rotatable bonds is 4. The number of methoxy groups -OCH3 is 1. The van der Waals surface area contributed by atoms with Gasteiger partial charge in [-0.15, -0.1) is 0 Å². The maximum atomic E-state index is 12.6. The van der Waals surface area contributed by atoms with E-state index >= 15 is 0 Å². The summed E-state index contributed by atoms with van der Waals surface area (Å²) in [4.78, 5) is 12.6. The summed E-state index contributed by atoms with van der Waals surface area (Å²) in [5, 5.41) is 10.1. The molecular weight excluding hydrogens is 318 g/mol. The molecule has 1 aliphatic rings. The molecule has 0 spiro atoms. The van der Waals surface area contributed by atoms with Gasteiger partial charge in [0.05, 0.1) is 19.0 Å². The lowest BCUT2D eigenvalue weighted by Gasteiger charge is -2.09. The van der Waals surface area contributed by atoms with Gasteiger partial charge >= 0.3 is 0 Å². The zero-order valence-corrected chi connectivity index (χ0v) is 14.2. The first-order valence-electron chi connectivity index (χ1n) is 8.23. The van der Waals surface area contributed by atoms with E-state index in [9.17, 15) is 4.79 Å². The van der Waals surface area contributed by atoms with Crippen LogP contribution < -0.4 is 10.1 Å². The molecule has 4 rings (SSSR count). The number of hydrogen-bond donors (Lipinski definition) is 2. The molecule has 2 aromatic heterocycles. The summed E-state index contributed by atoms with van der Waals surface area (Å²) in [6.07, 6.45) is 3.50. The van der Waals surface area contributed by atoms with Gasteiger partial charge in [-0.2, -0.15) is 5.10 Å². The summed E-state index contributed by atoms with van der Waals surface area (Å²) in [6.45, 7) is 2.33. The van der Waals surface area contributed by atoms with E-state index in [1.54, 1.807) is 7.11 Å². The van der Waals surface area contributed by atoms with Gasteiger partial charge in [-0.25, -0.2) is 0 Å². The Hall–Kier alpha value is -3.02. The molecule has 0 saturated carbocycles. The van der Waals surface area contributed by atoms with Gasteiger partial charge in [0, 0.05) is 24.1 Å². The molecule has 3 aromatic rings. The minimum absolute atomic E-state index is 0.212. The molecule has 25 heavy (non-hydrogen) atoms. The van der Waals surface area contributed by atoms with E-state index in [0.717, 1.165) is 46.7 Å². The average molecular weight is 337 g/mol. The Balaban J connectivity index is 1.56. The number of ether oxygens (including phenoxy) is 1. The van der Waals surface area contributed by atoms with Crippen LogP contribution in [0.3, 0.4) is 0 Å². The molecule has 0 fully saturated rings. The van der Waals surface area contributed by atoms with Crippen LogP contribution in [0.5, 0.6) is 5.75 Å². The quantitative estimate of drug-likeness (QED) is 0.767. The smallest absolute Gasteiger partial charge is 0.287 e. The van der Waals surface area contributed by atoms with Crippen LogP contribution in [0, 0.1) is 6.92 Å². The van der Waals surface area contributed by atoms with Gasteiger partial charge in [-0.3, -0.25) is 9.89 Å². The van der Waals surface area contributed by atoms with Gasteiger partial charge in [-0.1, -0.05) is 12.1 Å². The van der Waals surface area contributed by atoms with Crippen molar-refractivity contribution < 1.29 is 13.9 Å². The first-order chi connectivity index (χ1) is 12.2. The number of H-pyrrole nitrogens is 1. The highest BCUT2D eigenvalue weighted by molar-refractivity contribution is 5.95. The summed E-state index contributed by atoms with van der Waals surface area (Å²) < 4.78 is 11.1. The summed E-state index contributed by atoms with van der Waals surface area (Å²) in [7, 11) is 1.62. The Bertz CT molecular complexity index is 939. The minimum atomic E-state index is -0.212. The van der Waals surface area contributed by atoms with E-state index in [4.69, 9.17) is 9.15 Å². The Morgan fingerprint density at radius 1 is 1.40 bits per heavy atom. The van der Waals surface area contributed by atoms with Crippen molar-refractivity contribution in [3.63, 3.8) is 0 Å². The van der Waals surface area contributed by atoms with Crippen LogP contribution in [0.2, 0.25) is 0 Å². The molecule has 1 aromatic carbocycles. The molecule has 0 saturated heterocycles. The molecule has 6 heteroatoms. The molecule has 1 aliphatic carbocycles. The maximum absolute atomic E-state index is 12.6. The van der Waals surface area contributed by atoms with Crippen LogP contribution in [0.4, 0.5) is 0 Å². The number of hydrogen-bond acceptors (Lipinski definition) is 4. The van der Waals surface area contributed by atoms with Crippen molar-refractivity contribution in [2.24, 2.45) is 0 Å². The van der Waals surface area contributed by atoms with Gasteiger partial charge in [0.1, 0.15) is 11.5 Å². The number of nitrogens with one attached hydrogen (secondary N) is 2. The molecule has 6 nitrogen and oxygen atoms in total. The Morgan fingerprint density at radius 3 is 3.12 bits per heavy atom. The zero-order chi connectivity index (χ0) is 17.4. The molecule has 2 N–H and O–H groups in total. The van der Waals surface area contributed by atoms with Gasteiger partial charge in [0.25, 0.3) is 5.91 Å². The number of fused-ring (bicyclic) bond motifs is 3. The highest BCUT2D eigenvalue weighted by atomic mass is 16.5. The van der Waals surface area contributed by atoms with Crippen molar-refractivity contribution in [3.05, 3.63) is 58.7 Å². The second-order valence-corrected chi connectivity index (χ2v) is 6.16. The van der Waals surface area contributed by atoms with Crippen LogP contribution in [0.25, 0.3) is 11.3 Å². The normalized spacial score (nSPS) is 12.4. The number of aryl methyl sites for hydroxylation is 2. The summed E-state index contributed by atoms with van der Waals surface area (Å²) in [5.41, 5.74) is 4.93. The Labute approximate surface area is 145 Å². The van der Waals surface area contributed by atoms with Crippen molar-refractivity contribution in [1.29, 1.82) is 0 Å². The number of carbonyl (C=O) groups is 1. The highest BCUT2D eigenvalue weighted by Crippen LogP contribution is 2.37. The molecule has 0 aliphatic heterocycles. The van der Waals surface area contributed by atoms with Crippen molar-refractivity contribution in [2.45, 2.75) is 26.3 Å². The van der Waals surface area contributed by atoms with Crippen LogP contribution in [-0.2, 0) is 19.4 Å². The summed E-state index contributed by atoms with van der Waals surface area (Å²) in [6, 6.07) is 7.62. The molecule has 0 bridgehead atoms. The van der Waals surface area contributed by atoms with Crippen molar-refractivity contribution in [1.82, 2.24) is 15.5 Å². The van der Waals surface area contributed by atoms with Crippen LogP contribution in [0.15, 0.2) is 34.9 Å². The standard InChI is InChI=1S/C19H19N3O3/c1-11-16-15(7-6-13-10-21-22-17(13)16)25-18(11)19(23)20-9-12-4-3-5-14(8-12)24-2/h3-5,8,10H,6-7,9H2,1-2H3,(H,20,23)(H,21,22). The van der Waals surface area contributed by atoms with E-state index in [-0.39, 0.29) is 5.91 Å². The third-order valence-electron chi connectivity index (χ3n) is 4.60. The average Bonchev–Trinajstić information content (AvgIpc) is 3.24. The zero-order valence-electron chi connectivity index (χ0n) is 14.2. The van der Waals surface area contributed by atoms with Crippen molar-refractivity contribution in [2.75, 3.05) is 7.11 Å². The monoisotopic (exact) mass is 337 g/mol. The molecule has 2 heterocycles. The number of aromatic amines is 1. The van der Waals surface area contributed by atoms with Gasteiger partial charge in [0.15, 0.2) is 5.76 Å². The fraction of sp³-hybridized carbons (Fsp3) is 0.263. The largest absolute Gasteiger partial charge is 0.497 e. The predicted octanol–water partition coefficient (Wildman–Crippen LogP) is 3.02. The Morgan fingerprint density at radius 2 is 2.28 bits per heavy atom. The maximum Gasteiger partial charge on any atom is 0.287 e. The number of aromatic nitrogens is 2. The highest BCUT2D eigenvalue weighted by Gasteiger charge is 2.28. The molecule has 0 radical (unpaired) electrons. The predicted molar refractivity (Wildman–Crippen MR) is 92.6 cm³/mol. The van der Waals surface area contributed by atoms with Gasteiger partial charge in [0.2, 0.25) is 0 Å². The molecule has 0 unspecified atom stereocenters. The summed E-state index contributed by atoms with van der Waals surface area (Å²) in [5.74, 6) is 1.77. The van der Waals surface area contributed by atoms with E-state index in [1.807, 2.05) is 37.4 Å². The topological polar surface area (TPSA) is 80.1 Å². The molecule has 0 atom stereocenters. The molecular formula is C19H19N3O3. The number of nitrogens with zero attached hydrogens (tertiary/aromatic N) is 1. The van der Waals surface area contributed by atoms with Crippen LogP contribution in [-0.4, -0.2) is 23.2 Å². The second kappa shape index (κ2) is 6.12. The first kappa shape index (κ1) is 15.5. The second-order valence-electron chi connectivity index (χ2n) is 6.16. The first-order valence-corrected chi connectivity index (χ1v) is 8.23. The third-order valence-corrected chi connectivity index (χ3v) is 4.60. The van der Waals surface area contributed by atoms with Crippen molar-refractivity contribution in [3.8, 4) is 17.0 Å². The minimum Gasteiger partial charge on any atom is -0.497 e. The van der Waals surface area contributed by atoms with E-state index < -0.39 is 0 Å². The Kier molecular flexibility index (Phi) is 3.80. The number of furan rings is 1. The van der Waals surface area contributed by atoms with Gasteiger partial charge < -0.3 is 14.5 Å². The van der Waals surface area contributed by atoms with Crippen molar-refractivity contribution >= 4 is 5.91 Å². The summed E-state index contributed by atoms with van der Waals surface area (Å²) >= 11 is 0. The lowest BCUT2D eigenvalue weighted by Crippen LogP contribution is -2.23. The molecule has 128 valence electrons. The lowest BCUT2D eigenvalue weighted by molar-refractivity contribution is 0.0920. The number of amides is 1. The molecule has 1 amide bonds. The fourth-order valence-electron chi connectivity index (χ4n) is 3.30. The number of carbonyl (C=O) groups excluding carboxylic acids is 1. The fourth-order valence-corrected chi connectivity index (χ4v) is 3.30. The lowest BCUT2D eigenvalue weighted by atomic mass is 9.93. The van der Waals surface area contributed by atoms with Crippen LogP contribution in [0.1, 0.15) is 33.0 Å². The third kappa shape index (κ3) is 2.69. The van der Waals surface area contributed by atoms with Crippen LogP contribution >= 0.6 is 0 Å². The SMILES string of the molecule is COc1cccc(CNC(=O)c2oc3c(c2C)-c2[nH]ncc2CC3)c1. The number of benzene rings is 1. The van der Waals surface area contributed by atoms with E-state index in [0.29, 0.717) is 12.3 Å². The van der Waals surface area contributed by atoms with Gasteiger partial charge in [-0.05, 0) is 36.6 Å².